The molecule has 1 N–H and O–H groups in total. The van der Waals surface area contributed by atoms with E-state index in [9.17, 15) is 18.3 Å². The molecule has 0 spiro atoms. The number of nitrogens with zero attached hydrogens (tertiary/aromatic N) is 4. The molecule has 24 heavy (non-hydrogen) atoms. The van der Waals surface area contributed by atoms with Gasteiger partial charge in [0.05, 0.1) is 24.2 Å². The van der Waals surface area contributed by atoms with Gasteiger partial charge < -0.3 is 10.0 Å². The summed E-state index contributed by atoms with van der Waals surface area (Å²) in [5.74, 6) is -0.0192. The van der Waals surface area contributed by atoms with Gasteiger partial charge in [-0.15, -0.1) is 0 Å². The number of hydrogen-bond acceptors (Lipinski definition) is 5. The van der Waals surface area contributed by atoms with Crippen LogP contribution in [0.2, 0.25) is 0 Å². The fourth-order valence-electron chi connectivity index (χ4n) is 3.60. The van der Waals surface area contributed by atoms with E-state index in [1.54, 1.807) is 0 Å². The lowest BCUT2D eigenvalue weighted by atomic mass is 9.89. The van der Waals surface area contributed by atoms with Crippen LogP contribution in [0.25, 0.3) is 0 Å². The van der Waals surface area contributed by atoms with Crippen LogP contribution in [0.15, 0.2) is 6.33 Å². The van der Waals surface area contributed by atoms with E-state index in [0.717, 1.165) is 29.8 Å². The topological polar surface area (TPSA) is 104 Å². The van der Waals surface area contributed by atoms with Crippen LogP contribution in [0.1, 0.15) is 42.6 Å². The molecule has 0 radical (unpaired) electrons. The lowest BCUT2D eigenvalue weighted by Crippen LogP contribution is -2.43. The van der Waals surface area contributed by atoms with Crippen LogP contribution in [-0.2, 0) is 23.0 Å². The molecule has 1 aromatic heterocycles. The molecule has 2 atom stereocenters. The van der Waals surface area contributed by atoms with Crippen molar-refractivity contribution in [3.8, 4) is 0 Å². The van der Waals surface area contributed by atoms with Crippen molar-refractivity contribution in [2.45, 2.75) is 44.7 Å². The van der Waals surface area contributed by atoms with Gasteiger partial charge in [-0.2, -0.15) is 0 Å². The minimum atomic E-state index is -3.24. The van der Waals surface area contributed by atoms with Gasteiger partial charge in [0.15, 0.2) is 0 Å². The summed E-state index contributed by atoms with van der Waals surface area (Å²) in [4.78, 5) is 21.6. The third-order valence-electron chi connectivity index (χ3n) is 4.90. The van der Waals surface area contributed by atoms with E-state index in [0.29, 0.717) is 19.5 Å². The van der Waals surface area contributed by atoms with Crippen molar-refractivity contribution in [2.24, 2.45) is 0 Å². The summed E-state index contributed by atoms with van der Waals surface area (Å²) < 4.78 is 25.2. The number of piperidine rings is 1. The predicted molar refractivity (Wildman–Crippen MR) is 87.2 cm³/mol. The predicted octanol–water partition coefficient (Wildman–Crippen LogP) is 1.04. The second-order valence-corrected chi connectivity index (χ2v) is 8.59. The summed E-state index contributed by atoms with van der Waals surface area (Å²) >= 11 is 0. The van der Waals surface area contributed by atoms with Crippen molar-refractivity contribution in [2.75, 3.05) is 19.3 Å². The number of carboxylic acid groups (broad SMARTS) is 1. The van der Waals surface area contributed by atoms with E-state index in [2.05, 4.69) is 9.97 Å². The van der Waals surface area contributed by atoms with Gasteiger partial charge in [-0.05, 0) is 19.8 Å². The molecular weight excluding hydrogens is 332 g/mol. The molecule has 9 heteroatoms. The molecular formula is C15H22N4O4S. The highest BCUT2D eigenvalue weighted by Gasteiger charge is 2.34. The van der Waals surface area contributed by atoms with Crippen LogP contribution >= 0.6 is 0 Å². The first-order valence-corrected chi connectivity index (χ1v) is 9.89. The maximum Gasteiger partial charge on any atom is 0.407 e. The van der Waals surface area contributed by atoms with Gasteiger partial charge >= 0.3 is 6.09 Å². The Hall–Kier alpha value is -1.74. The number of amides is 1. The standard InChI is InChI=1S/C15H22N4O4S/c1-10-6-13-12(8-19(10)15(20)21)14(17-9-16-13)11-4-3-5-18(7-11)24(2,22)23/h9-11H,3-8H2,1-2H3,(H,20,21)/t10-,11-/m1/s1. The zero-order chi connectivity index (χ0) is 17.5. The summed E-state index contributed by atoms with van der Waals surface area (Å²) in [7, 11) is -3.24. The van der Waals surface area contributed by atoms with E-state index < -0.39 is 16.1 Å². The molecule has 1 amide bonds. The number of hydrogen-bond donors (Lipinski definition) is 1. The van der Waals surface area contributed by atoms with Crippen LogP contribution in [0.5, 0.6) is 0 Å². The largest absolute Gasteiger partial charge is 0.465 e. The molecule has 1 saturated heterocycles. The Labute approximate surface area is 141 Å². The SMILES string of the molecule is C[C@@H]1Cc2ncnc([C@@H]3CCCN(S(C)(=O)=O)C3)c2CN1C(=O)O. The first-order chi connectivity index (χ1) is 11.3. The summed E-state index contributed by atoms with van der Waals surface area (Å²) in [6.45, 7) is 3.05. The molecule has 1 aromatic rings. The van der Waals surface area contributed by atoms with Gasteiger partial charge in [0.1, 0.15) is 6.33 Å². The Kier molecular flexibility index (Phi) is 4.48. The number of carbonyl (C=O) groups is 1. The quantitative estimate of drug-likeness (QED) is 0.851. The van der Waals surface area contributed by atoms with E-state index in [1.807, 2.05) is 6.92 Å². The average Bonchev–Trinajstić information content (AvgIpc) is 2.52. The minimum Gasteiger partial charge on any atom is -0.465 e. The maximum atomic E-state index is 11.8. The minimum absolute atomic E-state index is 0.0192. The van der Waals surface area contributed by atoms with Crippen LogP contribution in [0.4, 0.5) is 4.79 Å². The Balaban J connectivity index is 1.93. The van der Waals surface area contributed by atoms with Gasteiger partial charge in [0, 0.05) is 37.0 Å². The molecule has 8 nitrogen and oxygen atoms in total. The van der Waals surface area contributed by atoms with Crippen LogP contribution < -0.4 is 0 Å². The third kappa shape index (κ3) is 3.23. The molecule has 3 rings (SSSR count). The number of aromatic nitrogens is 2. The highest BCUT2D eigenvalue weighted by molar-refractivity contribution is 7.88. The Morgan fingerprint density at radius 1 is 1.38 bits per heavy atom. The monoisotopic (exact) mass is 354 g/mol. The van der Waals surface area contributed by atoms with Crippen molar-refractivity contribution in [1.82, 2.24) is 19.2 Å². The molecule has 2 aliphatic rings. The van der Waals surface area contributed by atoms with Crippen molar-refractivity contribution >= 4 is 16.1 Å². The molecule has 0 bridgehead atoms. The second-order valence-electron chi connectivity index (χ2n) is 6.61. The van der Waals surface area contributed by atoms with Gasteiger partial charge in [-0.3, -0.25) is 0 Å². The fraction of sp³-hybridized carbons (Fsp3) is 0.667. The first-order valence-electron chi connectivity index (χ1n) is 8.04. The molecule has 3 heterocycles. The lowest BCUT2D eigenvalue weighted by Gasteiger charge is -2.36. The number of fused-ring (bicyclic) bond motifs is 1. The molecule has 1 fully saturated rings. The highest BCUT2D eigenvalue weighted by Crippen LogP contribution is 2.33. The number of sulfonamides is 1. The van der Waals surface area contributed by atoms with Gasteiger partial charge in [-0.25, -0.2) is 27.5 Å². The van der Waals surface area contributed by atoms with E-state index in [1.165, 1.54) is 21.8 Å². The first kappa shape index (κ1) is 17.1. The third-order valence-corrected chi connectivity index (χ3v) is 6.17. The van der Waals surface area contributed by atoms with Crippen molar-refractivity contribution < 1.29 is 18.3 Å². The van der Waals surface area contributed by atoms with Gasteiger partial charge in [-0.1, -0.05) is 0 Å². The number of rotatable bonds is 2. The van der Waals surface area contributed by atoms with Crippen molar-refractivity contribution in [3.05, 3.63) is 23.3 Å². The molecule has 0 unspecified atom stereocenters. The maximum absolute atomic E-state index is 11.8. The van der Waals surface area contributed by atoms with E-state index in [4.69, 9.17) is 0 Å². The van der Waals surface area contributed by atoms with Gasteiger partial charge in [0.25, 0.3) is 0 Å². The molecule has 2 aliphatic heterocycles. The summed E-state index contributed by atoms with van der Waals surface area (Å²) in [6, 6.07) is -0.128. The normalized spacial score (nSPS) is 25.3. The average molecular weight is 354 g/mol. The van der Waals surface area contributed by atoms with Crippen molar-refractivity contribution in [1.29, 1.82) is 0 Å². The van der Waals surface area contributed by atoms with Crippen molar-refractivity contribution in [3.63, 3.8) is 0 Å². The Bertz CT molecular complexity index is 752. The van der Waals surface area contributed by atoms with E-state index in [-0.39, 0.29) is 18.5 Å². The fourth-order valence-corrected chi connectivity index (χ4v) is 4.52. The summed E-state index contributed by atoms with van der Waals surface area (Å²) in [6.07, 6.45) is 3.95. The van der Waals surface area contributed by atoms with Crippen LogP contribution in [0.3, 0.4) is 0 Å². The smallest absolute Gasteiger partial charge is 0.407 e. The highest BCUT2D eigenvalue weighted by atomic mass is 32.2. The Morgan fingerprint density at radius 2 is 2.12 bits per heavy atom. The van der Waals surface area contributed by atoms with E-state index >= 15 is 0 Å². The molecule has 0 aromatic carbocycles. The lowest BCUT2D eigenvalue weighted by molar-refractivity contribution is 0.118. The molecule has 0 aliphatic carbocycles. The zero-order valence-electron chi connectivity index (χ0n) is 13.8. The summed E-state index contributed by atoms with van der Waals surface area (Å²) in [5.41, 5.74) is 2.52. The zero-order valence-corrected chi connectivity index (χ0v) is 14.7. The molecule has 132 valence electrons. The summed E-state index contributed by atoms with van der Waals surface area (Å²) in [5, 5.41) is 9.38. The van der Waals surface area contributed by atoms with Crippen LogP contribution in [0, 0.1) is 0 Å². The van der Waals surface area contributed by atoms with Crippen LogP contribution in [-0.4, -0.2) is 64.2 Å². The second kappa shape index (κ2) is 6.29. The van der Waals surface area contributed by atoms with Gasteiger partial charge in [0.2, 0.25) is 10.0 Å². The Morgan fingerprint density at radius 3 is 2.79 bits per heavy atom. The molecule has 0 saturated carbocycles.